The van der Waals surface area contributed by atoms with Gasteiger partial charge in [0.1, 0.15) is 5.82 Å². The highest BCUT2D eigenvalue weighted by Crippen LogP contribution is 2.21. The van der Waals surface area contributed by atoms with Gasteiger partial charge in [0.2, 0.25) is 0 Å². The summed E-state index contributed by atoms with van der Waals surface area (Å²) in [5, 5.41) is 12.2. The molecule has 0 aliphatic carbocycles. The molecule has 0 bridgehead atoms. The summed E-state index contributed by atoms with van der Waals surface area (Å²) in [6, 6.07) is 10.7. The van der Waals surface area contributed by atoms with Gasteiger partial charge in [-0.2, -0.15) is 0 Å². The molecule has 0 amide bonds. The Bertz CT molecular complexity index is 596. The Hall–Kier alpha value is -2.36. The van der Waals surface area contributed by atoms with E-state index >= 15 is 0 Å². The highest BCUT2D eigenvalue weighted by molar-refractivity contribution is 5.88. The lowest BCUT2D eigenvalue weighted by Gasteiger charge is -2.21. The SMILES string of the molecule is CC(C)(C)Nc1ccc(-c2ccc(C(=O)O)cc2)cn1. The number of nitrogens with zero attached hydrogens (tertiary/aromatic N) is 1. The summed E-state index contributed by atoms with van der Waals surface area (Å²) in [4.78, 5) is 15.2. The number of anilines is 1. The number of benzene rings is 1. The van der Waals surface area contributed by atoms with Crippen LogP contribution in [0.15, 0.2) is 42.6 Å². The summed E-state index contributed by atoms with van der Waals surface area (Å²) in [5.74, 6) is -0.0946. The number of carboxylic acid groups (broad SMARTS) is 1. The number of hydrogen-bond donors (Lipinski definition) is 2. The Morgan fingerprint density at radius 1 is 1.05 bits per heavy atom. The van der Waals surface area contributed by atoms with Crippen molar-refractivity contribution in [2.75, 3.05) is 5.32 Å². The molecule has 2 aromatic rings. The number of nitrogens with one attached hydrogen (secondary N) is 1. The zero-order valence-corrected chi connectivity index (χ0v) is 11.8. The van der Waals surface area contributed by atoms with Crippen molar-refractivity contribution in [2.45, 2.75) is 26.3 Å². The van der Waals surface area contributed by atoms with E-state index in [2.05, 4.69) is 31.1 Å². The van der Waals surface area contributed by atoms with Crippen molar-refractivity contribution in [3.05, 3.63) is 48.2 Å². The lowest BCUT2D eigenvalue weighted by molar-refractivity contribution is 0.0697. The lowest BCUT2D eigenvalue weighted by atomic mass is 10.1. The van der Waals surface area contributed by atoms with Gasteiger partial charge in [-0.15, -0.1) is 0 Å². The Morgan fingerprint density at radius 3 is 2.10 bits per heavy atom. The van der Waals surface area contributed by atoms with Crippen molar-refractivity contribution in [1.29, 1.82) is 0 Å². The van der Waals surface area contributed by atoms with Gasteiger partial charge in [0.25, 0.3) is 0 Å². The molecule has 104 valence electrons. The first-order valence-electron chi connectivity index (χ1n) is 6.43. The van der Waals surface area contributed by atoms with Crippen LogP contribution in [0.1, 0.15) is 31.1 Å². The molecule has 4 heteroatoms. The number of carboxylic acids is 1. The first-order chi connectivity index (χ1) is 9.35. The second-order valence-electron chi connectivity index (χ2n) is 5.69. The molecule has 20 heavy (non-hydrogen) atoms. The Kier molecular flexibility index (Phi) is 3.74. The molecule has 0 aliphatic rings. The molecule has 2 rings (SSSR count). The average molecular weight is 270 g/mol. The minimum atomic E-state index is -0.917. The van der Waals surface area contributed by atoms with Crippen molar-refractivity contribution in [2.24, 2.45) is 0 Å². The fourth-order valence-electron chi connectivity index (χ4n) is 1.83. The molecule has 0 saturated carbocycles. The topological polar surface area (TPSA) is 62.2 Å². The van der Waals surface area contributed by atoms with Gasteiger partial charge in [0.05, 0.1) is 5.56 Å². The van der Waals surface area contributed by atoms with Crippen molar-refractivity contribution < 1.29 is 9.90 Å². The first-order valence-corrected chi connectivity index (χ1v) is 6.43. The van der Waals surface area contributed by atoms with Crippen LogP contribution in [-0.4, -0.2) is 21.6 Å². The Morgan fingerprint density at radius 2 is 1.65 bits per heavy atom. The highest BCUT2D eigenvalue weighted by atomic mass is 16.4. The van der Waals surface area contributed by atoms with Crippen LogP contribution in [0, 0.1) is 0 Å². The molecule has 2 N–H and O–H groups in total. The van der Waals surface area contributed by atoms with E-state index in [4.69, 9.17) is 5.11 Å². The molecule has 0 fully saturated rings. The fraction of sp³-hybridized carbons (Fsp3) is 0.250. The smallest absolute Gasteiger partial charge is 0.335 e. The predicted molar refractivity (Wildman–Crippen MR) is 80.0 cm³/mol. The Labute approximate surface area is 118 Å². The molecule has 0 spiro atoms. The summed E-state index contributed by atoms with van der Waals surface area (Å²) < 4.78 is 0. The monoisotopic (exact) mass is 270 g/mol. The number of carbonyl (C=O) groups is 1. The van der Waals surface area contributed by atoms with E-state index in [1.165, 1.54) is 0 Å². The molecule has 0 aliphatic heterocycles. The zero-order chi connectivity index (χ0) is 14.8. The summed E-state index contributed by atoms with van der Waals surface area (Å²) in [6.45, 7) is 6.23. The van der Waals surface area contributed by atoms with E-state index in [9.17, 15) is 4.79 Å². The van der Waals surface area contributed by atoms with E-state index in [1.54, 1.807) is 30.5 Å². The standard InChI is InChI=1S/C16H18N2O2/c1-16(2,3)18-14-9-8-13(10-17-14)11-4-6-12(7-5-11)15(19)20/h4-10H,1-3H3,(H,17,18)(H,19,20). The maximum atomic E-state index is 10.8. The normalized spacial score (nSPS) is 11.2. The van der Waals surface area contributed by atoms with E-state index in [0.717, 1.165) is 16.9 Å². The number of aromatic nitrogens is 1. The van der Waals surface area contributed by atoms with E-state index in [0.29, 0.717) is 0 Å². The minimum Gasteiger partial charge on any atom is -0.478 e. The largest absolute Gasteiger partial charge is 0.478 e. The van der Waals surface area contributed by atoms with E-state index < -0.39 is 5.97 Å². The van der Waals surface area contributed by atoms with Crippen LogP contribution in [0.2, 0.25) is 0 Å². The van der Waals surface area contributed by atoms with Crippen LogP contribution in [0.4, 0.5) is 5.82 Å². The predicted octanol–water partition coefficient (Wildman–Crippen LogP) is 3.66. The maximum absolute atomic E-state index is 10.8. The van der Waals surface area contributed by atoms with Gasteiger partial charge in [-0.3, -0.25) is 0 Å². The quantitative estimate of drug-likeness (QED) is 0.893. The van der Waals surface area contributed by atoms with Gasteiger partial charge < -0.3 is 10.4 Å². The number of hydrogen-bond acceptors (Lipinski definition) is 3. The van der Waals surface area contributed by atoms with Crippen LogP contribution in [-0.2, 0) is 0 Å². The molecular formula is C16H18N2O2. The number of aromatic carboxylic acids is 1. The van der Waals surface area contributed by atoms with Gasteiger partial charge in [0.15, 0.2) is 0 Å². The maximum Gasteiger partial charge on any atom is 0.335 e. The Balaban J connectivity index is 2.19. The van der Waals surface area contributed by atoms with Crippen molar-refractivity contribution >= 4 is 11.8 Å². The molecule has 0 saturated heterocycles. The average Bonchev–Trinajstić information content (AvgIpc) is 2.38. The summed E-state index contributed by atoms with van der Waals surface area (Å²) in [5.41, 5.74) is 2.16. The third kappa shape index (κ3) is 3.57. The lowest BCUT2D eigenvalue weighted by Crippen LogP contribution is -2.26. The summed E-state index contributed by atoms with van der Waals surface area (Å²) in [7, 11) is 0. The van der Waals surface area contributed by atoms with Gasteiger partial charge in [0, 0.05) is 17.3 Å². The molecule has 1 aromatic heterocycles. The second-order valence-corrected chi connectivity index (χ2v) is 5.69. The van der Waals surface area contributed by atoms with Crippen molar-refractivity contribution in [3.63, 3.8) is 0 Å². The molecule has 0 atom stereocenters. The van der Waals surface area contributed by atoms with E-state index in [-0.39, 0.29) is 11.1 Å². The van der Waals surface area contributed by atoms with Crippen LogP contribution in [0.5, 0.6) is 0 Å². The third-order valence-corrected chi connectivity index (χ3v) is 2.73. The molecule has 0 unspecified atom stereocenters. The highest BCUT2D eigenvalue weighted by Gasteiger charge is 2.10. The van der Waals surface area contributed by atoms with E-state index in [1.807, 2.05) is 12.1 Å². The van der Waals surface area contributed by atoms with Gasteiger partial charge in [-0.1, -0.05) is 12.1 Å². The van der Waals surface area contributed by atoms with Crippen LogP contribution < -0.4 is 5.32 Å². The minimum absolute atomic E-state index is 0.0301. The zero-order valence-electron chi connectivity index (χ0n) is 11.8. The van der Waals surface area contributed by atoms with Crippen molar-refractivity contribution in [3.8, 4) is 11.1 Å². The summed E-state index contributed by atoms with van der Waals surface area (Å²) >= 11 is 0. The van der Waals surface area contributed by atoms with Crippen LogP contribution in [0.3, 0.4) is 0 Å². The first kappa shape index (κ1) is 14.1. The second kappa shape index (κ2) is 5.33. The van der Waals surface area contributed by atoms with Crippen LogP contribution >= 0.6 is 0 Å². The molecule has 1 aromatic carbocycles. The molecular weight excluding hydrogens is 252 g/mol. The fourth-order valence-corrected chi connectivity index (χ4v) is 1.83. The number of rotatable bonds is 3. The number of pyridine rings is 1. The van der Waals surface area contributed by atoms with Gasteiger partial charge in [-0.05, 0) is 50.6 Å². The molecule has 4 nitrogen and oxygen atoms in total. The van der Waals surface area contributed by atoms with Gasteiger partial charge in [-0.25, -0.2) is 9.78 Å². The molecule has 0 radical (unpaired) electrons. The van der Waals surface area contributed by atoms with Crippen LogP contribution in [0.25, 0.3) is 11.1 Å². The van der Waals surface area contributed by atoms with Crippen molar-refractivity contribution in [1.82, 2.24) is 4.98 Å². The summed E-state index contributed by atoms with van der Waals surface area (Å²) in [6.07, 6.45) is 1.78. The van der Waals surface area contributed by atoms with Gasteiger partial charge >= 0.3 is 5.97 Å². The third-order valence-electron chi connectivity index (χ3n) is 2.73. The molecule has 1 heterocycles.